The van der Waals surface area contributed by atoms with E-state index in [9.17, 15) is 9.59 Å². The van der Waals surface area contributed by atoms with Crippen molar-refractivity contribution >= 4 is 29.0 Å². The molecule has 7 heteroatoms. The predicted molar refractivity (Wildman–Crippen MR) is 119 cm³/mol. The van der Waals surface area contributed by atoms with Crippen LogP contribution in [0, 0.1) is 5.92 Å². The second-order valence-electron chi connectivity index (χ2n) is 8.07. The Hall–Kier alpha value is -2.93. The lowest BCUT2D eigenvalue weighted by Gasteiger charge is -2.33. The molecule has 4 rings (SSSR count). The third-order valence-electron chi connectivity index (χ3n) is 6.00. The molecule has 1 atom stereocenters. The number of hydrogen-bond donors (Lipinski definition) is 1. The molecule has 2 amide bonds. The lowest BCUT2D eigenvalue weighted by atomic mass is 10.1. The van der Waals surface area contributed by atoms with Gasteiger partial charge in [-0.1, -0.05) is 25.1 Å². The van der Waals surface area contributed by atoms with Crippen LogP contribution in [0.4, 0.5) is 17.2 Å². The number of carbonyl (C=O) groups is 2. The van der Waals surface area contributed by atoms with Crippen LogP contribution in [0.15, 0.2) is 42.6 Å². The lowest BCUT2D eigenvalue weighted by Crippen LogP contribution is -2.44. The van der Waals surface area contributed by atoms with E-state index in [0.29, 0.717) is 12.2 Å². The molecule has 0 spiro atoms. The molecule has 0 bridgehead atoms. The van der Waals surface area contributed by atoms with Crippen molar-refractivity contribution in [3.63, 3.8) is 0 Å². The van der Waals surface area contributed by atoms with E-state index in [2.05, 4.69) is 34.1 Å². The highest BCUT2D eigenvalue weighted by Crippen LogP contribution is 2.29. The Morgan fingerprint density at radius 3 is 2.60 bits per heavy atom. The number of rotatable bonds is 5. The van der Waals surface area contributed by atoms with Crippen LogP contribution < -0.4 is 15.1 Å². The summed E-state index contributed by atoms with van der Waals surface area (Å²) in [5.74, 6) is 0.438. The van der Waals surface area contributed by atoms with Gasteiger partial charge in [-0.15, -0.1) is 0 Å². The van der Waals surface area contributed by atoms with Gasteiger partial charge in [-0.3, -0.25) is 9.59 Å². The van der Waals surface area contributed by atoms with Gasteiger partial charge < -0.3 is 20.0 Å². The topological polar surface area (TPSA) is 68.8 Å². The zero-order valence-corrected chi connectivity index (χ0v) is 17.7. The fourth-order valence-corrected chi connectivity index (χ4v) is 4.12. The van der Waals surface area contributed by atoms with Crippen LogP contribution in [0.25, 0.3) is 0 Å². The molecule has 1 N–H and O–H groups in total. The fraction of sp³-hybridized carbons (Fsp3) is 0.435. The number of amides is 2. The highest BCUT2D eigenvalue weighted by atomic mass is 16.2. The maximum Gasteiger partial charge on any atom is 0.229 e. The number of piperazine rings is 1. The first-order valence-corrected chi connectivity index (χ1v) is 10.6. The average molecular weight is 408 g/mol. The second kappa shape index (κ2) is 8.83. The summed E-state index contributed by atoms with van der Waals surface area (Å²) in [5.41, 5.74) is 2.70. The summed E-state index contributed by atoms with van der Waals surface area (Å²) < 4.78 is 0. The highest BCUT2D eigenvalue weighted by Gasteiger charge is 2.35. The van der Waals surface area contributed by atoms with Crippen molar-refractivity contribution in [1.82, 2.24) is 9.88 Å². The van der Waals surface area contributed by atoms with Crippen molar-refractivity contribution < 1.29 is 9.59 Å². The number of carbonyl (C=O) groups excluding carboxylic acids is 2. The Bertz CT molecular complexity index is 906. The molecule has 158 valence electrons. The molecule has 3 heterocycles. The number of nitrogens with zero attached hydrogens (tertiary/aromatic N) is 4. The van der Waals surface area contributed by atoms with Crippen LogP contribution in [-0.4, -0.2) is 61.5 Å². The molecular formula is C23H29N5O2. The molecule has 0 saturated carbocycles. The van der Waals surface area contributed by atoms with Gasteiger partial charge in [-0.2, -0.15) is 0 Å². The van der Waals surface area contributed by atoms with E-state index in [1.54, 1.807) is 11.1 Å². The Kier molecular flexibility index (Phi) is 5.99. The number of benzene rings is 1. The van der Waals surface area contributed by atoms with Crippen LogP contribution in [0.1, 0.15) is 18.9 Å². The van der Waals surface area contributed by atoms with Gasteiger partial charge in [0, 0.05) is 44.8 Å². The number of anilines is 3. The van der Waals surface area contributed by atoms with E-state index in [4.69, 9.17) is 0 Å². The van der Waals surface area contributed by atoms with Crippen LogP contribution in [0.5, 0.6) is 0 Å². The van der Waals surface area contributed by atoms with E-state index in [0.717, 1.165) is 49.7 Å². The van der Waals surface area contributed by atoms with Gasteiger partial charge in [0.2, 0.25) is 11.8 Å². The third-order valence-corrected chi connectivity index (χ3v) is 6.00. The van der Waals surface area contributed by atoms with Crippen molar-refractivity contribution in [1.29, 1.82) is 0 Å². The Morgan fingerprint density at radius 1 is 1.13 bits per heavy atom. The van der Waals surface area contributed by atoms with Crippen LogP contribution in [0.2, 0.25) is 0 Å². The van der Waals surface area contributed by atoms with Gasteiger partial charge in [0.05, 0.1) is 17.8 Å². The summed E-state index contributed by atoms with van der Waals surface area (Å²) in [5, 5.41) is 2.94. The number of hydrogen-bond acceptors (Lipinski definition) is 5. The molecule has 2 fully saturated rings. The van der Waals surface area contributed by atoms with Gasteiger partial charge in [0.1, 0.15) is 5.82 Å². The summed E-state index contributed by atoms with van der Waals surface area (Å²) in [7, 11) is 2.12. The number of aryl methyl sites for hydroxylation is 1. The van der Waals surface area contributed by atoms with Gasteiger partial charge in [0.15, 0.2) is 0 Å². The van der Waals surface area contributed by atoms with E-state index >= 15 is 0 Å². The van der Waals surface area contributed by atoms with Gasteiger partial charge in [0.25, 0.3) is 0 Å². The molecule has 1 aromatic heterocycles. The van der Waals surface area contributed by atoms with E-state index in [1.807, 2.05) is 36.4 Å². The number of pyridine rings is 1. The molecule has 2 saturated heterocycles. The minimum atomic E-state index is -0.361. The lowest BCUT2D eigenvalue weighted by molar-refractivity contribution is -0.122. The molecule has 0 radical (unpaired) electrons. The number of nitrogens with one attached hydrogen (secondary N) is 1. The Morgan fingerprint density at radius 2 is 1.90 bits per heavy atom. The first-order valence-electron chi connectivity index (χ1n) is 10.6. The summed E-state index contributed by atoms with van der Waals surface area (Å²) >= 11 is 0. The largest absolute Gasteiger partial charge is 0.354 e. The summed E-state index contributed by atoms with van der Waals surface area (Å²) in [6, 6.07) is 11.7. The Balaban J connectivity index is 1.38. The summed E-state index contributed by atoms with van der Waals surface area (Å²) in [6.07, 6.45) is 2.78. The first kappa shape index (κ1) is 20.3. The van der Waals surface area contributed by atoms with Crippen molar-refractivity contribution in [2.24, 2.45) is 5.92 Å². The van der Waals surface area contributed by atoms with Crippen LogP contribution in [-0.2, 0) is 16.0 Å². The molecule has 1 aromatic carbocycles. The average Bonchev–Trinajstić information content (AvgIpc) is 3.16. The fourth-order valence-electron chi connectivity index (χ4n) is 4.12. The molecule has 7 nitrogen and oxygen atoms in total. The smallest absolute Gasteiger partial charge is 0.229 e. The van der Waals surface area contributed by atoms with Gasteiger partial charge in [-0.05, 0) is 37.2 Å². The molecular weight excluding hydrogens is 378 g/mol. The molecule has 2 aliphatic heterocycles. The minimum Gasteiger partial charge on any atom is -0.354 e. The zero-order valence-electron chi connectivity index (χ0n) is 17.7. The third kappa shape index (κ3) is 4.31. The standard InChI is InChI=1S/C23H29N5O2/c1-3-17-6-4-5-7-20(17)28-16-18(14-22(28)29)23(30)25-19-8-9-21(24-15-19)27-12-10-26(2)11-13-27/h4-9,15,18H,3,10-14,16H2,1-2H3,(H,25,30)/t18-/m1/s1. The normalized spacial score (nSPS) is 19.9. The number of likely N-dealkylation sites (N-methyl/N-ethyl adjacent to an activating group) is 1. The molecule has 0 unspecified atom stereocenters. The molecule has 30 heavy (non-hydrogen) atoms. The molecule has 2 aromatic rings. The number of para-hydroxylation sites is 1. The van der Waals surface area contributed by atoms with Crippen molar-refractivity contribution in [3.8, 4) is 0 Å². The summed E-state index contributed by atoms with van der Waals surface area (Å²) in [4.78, 5) is 36.2. The summed E-state index contributed by atoms with van der Waals surface area (Å²) in [6.45, 7) is 6.43. The van der Waals surface area contributed by atoms with Crippen molar-refractivity contribution in [3.05, 3.63) is 48.2 Å². The van der Waals surface area contributed by atoms with E-state index < -0.39 is 0 Å². The second-order valence-corrected chi connectivity index (χ2v) is 8.07. The number of aromatic nitrogens is 1. The maximum absolute atomic E-state index is 12.8. The molecule has 0 aliphatic carbocycles. The first-order chi connectivity index (χ1) is 14.5. The molecule has 2 aliphatic rings. The maximum atomic E-state index is 12.8. The quantitative estimate of drug-likeness (QED) is 0.824. The minimum absolute atomic E-state index is 0.000380. The van der Waals surface area contributed by atoms with Gasteiger partial charge in [-0.25, -0.2) is 4.98 Å². The van der Waals surface area contributed by atoms with E-state index in [1.165, 1.54) is 0 Å². The van der Waals surface area contributed by atoms with Gasteiger partial charge >= 0.3 is 0 Å². The van der Waals surface area contributed by atoms with Crippen LogP contribution in [0.3, 0.4) is 0 Å². The van der Waals surface area contributed by atoms with E-state index in [-0.39, 0.29) is 24.2 Å². The Labute approximate surface area is 177 Å². The highest BCUT2D eigenvalue weighted by molar-refractivity contribution is 6.03. The predicted octanol–water partition coefficient (Wildman–Crippen LogP) is 2.39. The van der Waals surface area contributed by atoms with Crippen molar-refractivity contribution in [2.75, 3.05) is 54.9 Å². The van der Waals surface area contributed by atoms with Crippen molar-refractivity contribution in [2.45, 2.75) is 19.8 Å². The zero-order chi connectivity index (χ0) is 21.1. The SMILES string of the molecule is CCc1ccccc1N1C[C@H](C(=O)Nc2ccc(N3CCN(C)CC3)nc2)CC1=O. The monoisotopic (exact) mass is 407 g/mol. The van der Waals surface area contributed by atoms with Crippen LogP contribution >= 0.6 is 0 Å².